The molecule has 1 aromatic rings. The van der Waals surface area contributed by atoms with Gasteiger partial charge in [0.2, 0.25) is 0 Å². The number of aliphatic hydroxyl groups is 1. The average molecular weight is 265 g/mol. The maximum Gasteiger partial charge on any atom is 0.311 e. The summed E-state index contributed by atoms with van der Waals surface area (Å²) in [4.78, 5) is 10.6. The molecule has 0 unspecified atom stereocenters. The molecule has 0 heterocycles. The third-order valence-corrected chi connectivity index (χ3v) is 3.50. The summed E-state index contributed by atoms with van der Waals surface area (Å²) in [6.07, 6.45) is 6.65. The summed E-state index contributed by atoms with van der Waals surface area (Å²) >= 11 is 0. The van der Waals surface area contributed by atoms with Crippen LogP contribution in [0.4, 0.5) is 5.69 Å². The van der Waals surface area contributed by atoms with Crippen LogP contribution in [0.25, 0.3) is 0 Å². The third-order valence-electron chi connectivity index (χ3n) is 3.50. The normalized spacial score (nSPS) is 16.9. The Morgan fingerprint density at radius 2 is 1.95 bits per heavy atom. The molecule has 1 saturated carbocycles. The molecule has 5 nitrogen and oxygen atoms in total. The Morgan fingerprint density at radius 3 is 2.53 bits per heavy atom. The first-order valence-corrected chi connectivity index (χ1v) is 6.75. The zero-order valence-electron chi connectivity index (χ0n) is 10.9. The van der Waals surface area contributed by atoms with Gasteiger partial charge >= 0.3 is 5.69 Å². The zero-order chi connectivity index (χ0) is 13.7. The van der Waals surface area contributed by atoms with Gasteiger partial charge in [-0.25, -0.2) is 0 Å². The van der Waals surface area contributed by atoms with Crippen molar-refractivity contribution in [1.82, 2.24) is 0 Å². The van der Waals surface area contributed by atoms with Gasteiger partial charge in [-0.15, -0.1) is 0 Å². The van der Waals surface area contributed by atoms with Crippen molar-refractivity contribution in [2.45, 2.75) is 51.2 Å². The number of benzene rings is 1. The summed E-state index contributed by atoms with van der Waals surface area (Å²) < 4.78 is 5.80. The summed E-state index contributed by atoms with van der Waals surface area (Å²) in [5.41, 5.74) is 0.468. The zero-order valence-corrected chi connectivity index (χ0v) is 10.9. The van der Waals surface area contributed by atoms with Crippen molar-refractivity contribution in [1.29, 1.82) is 0 Å². The summed E-state index contributed by atoms with van der Waals surface area (Å²) in [5, 5.41) is 20.1. The Morgan fingerprint density at radius 1 is 1.26 bits per heavy atom. The van der Waals surface area contributed by atoms with Crippen LogP contribution >= 0.6 is 0 Å². The third kappa shape index (κ3) is 3.67. The summed E-state index contributed by atoms with van der Waals surface area (Å²) in [6, 6.07) is 4.64. The van der Waals surface area contributed by atoms with E-state index in [1.807, 2.05) is 0 Å². The van der Waals surface area contributed by atoms with Crippen molar-refractivity contribution in [3.05, 3.63) is 33.9 Å². The van der Waals surface area contributed by atoms with Crippen LogP contribution in [0, 0.1) is 10.1 Å². The largest absolute Gasteiger partial charge is 0.484 e. The minimum Gasteiger partial charge on any atom is -0.484 e. The highest BCUT2D eigenvalue weighted by Gasteiger charge is 2.20. The fourth-order valence-corrected chi connectivity index (χ4v) is 2.44. The first-order valence-electron chi connectivity index (χ1n) is 6.75. The molecule has 0 atom stereocenters. The lowest BCUT2D eigenvalue weighted by Gasteiger charge is -2.17. The number of nitrogens with zero attached hydrogens (tertiary/aromatic N) is 1. The number of nitro benzene ring substituents is 1. The van der Waals surface area contributed by atoms with Gasteiger partial charge in [0.05, 0.1) is 17.6 Å². The van der Waals surface area contributed by atoms with E-state index in [0.717, 1.165) is 25.7 Å². The molecule has 19 heavy (non-hydrogen) atoms. The standard InChI is InChI=1S/C14H19NO4/c16-10-11-7-8-14(13(9-11)15(17)18)19-12-5-3-1-2-4-6-12/h7-9,12,16H,1-6,10H2. The number of aliphatic hydroxyl groups excluding tert-OH is 1. The van der Waals surface area contributed by atoms with Crippen LogP contribution < -0.4 is 4.74 Å². The number of nitro groups is 1. The Hall–Kier alpha value is -1.62. The number of hydrogen-bond acceptors (Lipinski definition) is 4. The van der Waals surface area contributed by atoms with Crippen LogP contribution in [0.15, 0.2) is 18.2 Å². The molecule has 0 saturated heterocycles. The second-order valence-electron chi connectivity index (χ2n) is 4.95. The molecule has 0 bridgehead atoms. The molecule has 0 amide bonds. The summed E-state index contributed by atoms with van der Waals surface area (Å²) in [5.74, 6) is 0.314. The van der Waals surface area contributed by atoms with Crippen LogP contribution in [0.5, 0.6) is 5.75 Å². The summed E-state index contributed by atoms with van der Waals surface area (Å²) in [6.45, 7) is -0.204. The second kappa shape index (κ2) is 6.52. The van der Waals surface area contributed by atoms with Crippen molar-refractivity contribution in [2.75, 3.05) is 0 Å². The molecule has 1 aliphatic carbocycles. The molecule has 1 fully saturated rings. The molecular formula is C14H19NO4. The minimum atomic E-state index is -0.453. The van der Waals surface area contributed by atoms with Crippen molar-refractivity contribution in [2.24, 2.45) is 0 Å². The fraction of sp³-hybridized carbons (Fsp3) is 0.571. The molecule has 0 radical (unpaired) electrons. The maximum absolute atomic E-state index is 11.0. The Labute approximate surface area is 112 Å². The van der Waals surface area contributed by atoms with Gasteiger partial charge in [0, 0.05) is 6.07 Å². The number of ether oxygens (including phenoxy) is 1. The molecule has 2 rings (SSSR count). The molecule has 0 aromatic heterocycles. The molecule has 1 aromatic carbocycles. The molecule has 0 spiro atoms. The maximum atomic E-state index is 11.0. The van der Waals surface area contributed by atoms with Crippen LogP contribution in [0.3, 0.4) is 0 Å². The fourth-order valence-electron chi connectivity index (χ4n) is 2.44. The van der Waals surface area contributed by atoms with E-state index in [4.69, 9.17) is 9.84 Å². The smallest absolute Gasteiger partial charge is 0.311 e. The van der Waals surface area contributed by atoms with Crippen LogP contribution in [0.1, 0.15) is 44.1 Å². The average Bonchev–Trinajstić information content (AvgIpc) is 2.67. The molecule has 5 heteroatoms. The van der Waals surface area contributed by atoms with Crippen LogP contribution in [-0.4, -0.2) is 16.1 Å². The van der Waals surface area contributed by atoms with Gasteiger partial charge in [0.25, 0.3) is 0 Å². The number of hydrogen-bond donors (Lipinski definition) is 1. The van der Waals surface area contributed by atoms with Gasteiger partial charge in [-0.1, -0.05) is 18.9 Å². The lowest BCUT2D eigenvalue weighted by atomic mass is 10.1. The van der Waals surface area contributed by atoms with Gasteiger partial charge in [0.15, 0.2) is 5.75 Å². The van der Waals surface area contributed by atoms with Gasteiger partial charge in [-0.2, -0.15) is 0 Å². The molecule has 104 valence electrons. The molecular weight excluding hydrogens is 246 g/mol. The molecule has 1 aliphatic rings. The highest BCUT2D eigenvalue weighted by atomic mass is 16.6. The van der Waals surface area contributed by atoms with E-state index in [9.17, 15) is 10.1 Å². The number of rotatable bonds is 4. The van der Waals surface area contributed by atoms with Crippen molar-refractivity contribution in [3.8, 4) is 5.75 Å². The first kappa shape index (κ1) is 13.8. The van der Waals surface area contributed by atoms with Crippen molar-refractivity contribution < 1.29 is 14.8 Å². The highest BCUT2D eigenvalue weighted by molar-refractivity contribution is 5.48. The SMILES string of the molecule is O=[N+]([O-])c1cc(CO)ccc1OC1CCCCCC1. The topological polar surface area (TPSA) is 72.6 Å². The second-order valence-corrected chi connectivity index (χ2v) is 4.95. The minimum absolute atomic E-state index is 0.0594. The quantitative estimate of drug-likeness (QED) is 0.515. The van der Waals surface area contributed by atoms with Gasteiger partial charge in [-0.3, -0.25) is 10.1 Å². The van der Waals surface area contributed by atoms with E-state index >= 15 is 0 Å². The highest BCUT2D eigenvalue weighted by Crippen LogP contribution is 2.31. The van der Waals surface area contributed by atoms with E-state index in [1.165, 1.54) is 18.9 Å². The lowest BCUT2D eigenvalue weighted by Crippen LogP contribution is -2.16. The van der Waals surface area contributed by atoms with E-state index in [0.29, 0.717) is 11.3 Å². The van der Waals surface area contributed by atoms with E-state index in [2.05, 4.69) is 0 Å². The monoisotopic (exact) mass is 265 g/mol. The van der Waals surface area contributed by atoms with Crippen molar-refractivity contribution >= 4 is 5.69 Å². The van der Waals surface area contributed by atoms with E-state index in [-0.39, 0.29) is 18.4 Å². The van der Waals surface area contributed by atoms with Crippen molar-refractivity contribution in [3.63, 3.8) is 0 Å². The lowest BCUT2D eigenvalue weighted by molar-refractivity contribution is -0.386. The predicted octanol–water partition coefficient (Wildman–Crippen LogP) is 3.19. The predicted molar refractivity (Wildman–Crippen MR) is 71.1 cm³/mol. The Bertz CT molecular complexity index is 439. The molecule has 0 aliphatic heterocycles. The molecule has 1 N–H and O–H groups in total. The first-order chi connectivity index (χ1) is 9.20. The van der Waals surface area contributed by atoms with Gasteiger partial charge in [-0.05, 0) is 37.3 Å². The Kier molecular flexibility index (Phi) is 4.74. The van der Waals surface area contributed by atoms with Gasteiger partial charge < -0.3 is 9.84 Å². The van der Waals surface area contributed by atoms with Gasteiger partial charge in [0.1, 0.15) is 0 Å². The summed E-state index contributed by atoms with van der Waals surface area (Å²) in [7, 11) is 0. The van der Waals surface area contributed by atoms with E-state index in [1.54, 1.807) is 12.1 Å². The Balaban J connectivity index is 2.16. The van der Waals surface area contributed by atoms with Crippen LogP contribution in [-0.2, 0) is 6.61 Å². The van der Waals surface area contributed by atoms with Crippen LogP contribution in [0.2, 0.25) is 0 Å². The van der Waals surface area contributed by atoms with E-state index < -0.39 is 4.92 Å².